The molecule has 0 aliphatic rings. The van der Waals surface area contributed by atoms with Gasteiger partial charge in [0.15, 0.2) is 0 Å². The van der Waals surface area contributed by atoms with Crippen molar-refractivity contribution < 1.29 is 14.5 Å². The van der Waals surface area contributed by atoms with Gasteiger partial charge in [0.1, 0.15) is 6.04 Å². The number of carbonyl (C=O) groups is 2. The third-order valence-electron chi connectivity index (χ3n) is 3.07. The molecule has 126 valence electrons. The van der Waals surface area contributed by atoms with Crippen molar-refractivity contribution in [2.45, 2.75) is 39.8 Å². The highest BCUT2D eigenvalue weighted by Gasteiger charge is 2.26. The number of carbonyl (C=O) groups excluding carboxylic acids is 2. The zero-order chi connectivity index (χ0) is 17.7. The number of benzene rings is 1. The number of nitrogens with zero attached hydrogens (tertiary/aromatic N) is 1. The third kappa shape index (κ3) is 5.21. The minimum Gasteiger partial charge on any atom is -0.352 e. The van der Waals surface area contributed by atoms with Gasteiger partial charge in [0, 0.05) is 18.2 Å². The predicted molar refractivity (Wildman–Crippen MR) is 87.5 cm³/mol. The molecule has 2 amide bonds. The van der Waals surface area contributed by atoms with Gasteiger partial charge in [0.25, 0.3) is 11.6 Å². The predicted octanol–water partition coefficient (Wildman–Crippen LogP) is 2.53. The first-order valence-electron chi connectivity index (χ1n) is 7.18. The lowest BCUT2D eigenvalue weighted by Crippen LogP contribution is -2.51. The summed E-state index contributed by atoms with van der Waals surface area (Å²) in [4.78, 5) is 34.5. The smallest absolute Gasteiger partial charge is 0.270 e. The van der Waals surface area contributed by atoms with Gasteiger partial charge in [0.2, 0.25) is 5.91 Å². The SMILES string of the molecule is CC(C)NC(=O)C(NC(=O)c1ccc([N+](=O)[O-])cc1Cl)C(C)C. The number of nitro benzene ring substituents is 1. The van der Waals surface area contributed by atoms with Crippen LogP contribution in [0.15, 0.2) is 18.2 Å². The van der Waals surface area contributed by atoms with E-state index in [4.69, 9.17) is 11.6 Å². The lowest BCUT2D eigenvalue weighted by Gasteiger charge is -2.23. The fourth-order valence-corrected chi connectivity index (χ4v) is 2.19. The zero-order valence-electron chi connectivity index (χ0n) is 13.4. The molecule has 0 aliphatic heterocycles. The quantitative estimate of drug-likeness (QED) is 0.613. The van der Waals surface area contributed by atoms with Gasteiger partial charge in [0.05, 0.1) is 15.5 Å². The van der Waals surface area contributed by atoms with Crippen LogP contribution in [0.2, 0.25) is 5.02 Å². The summed E-state index contributed by atoms with van der Waals surface area (Å²) < 4.78 is 0. The van der Waals surface area contributed by atoms with Crippen LogP contribution in [0, 0.1) is 16.0 Å². The summed E-state index contributed by atoms with van der Waals surface area (Å²) in [7, 11) is 0. The number of hydrogen-bond acceptors (Lipinski definition) is 4. The number of nitrogens with one attached hydrogen (secondary N) is 2. The van der Waals surface area contributed by atoms with E-state index in [1.807, 2.05) is 27.7 Å². The van der Waals surface area contributed by atoms with E-state index < -0.39 is 16.9 Å². The number of nitro groups is 1. The van der Waals surface area contributed by atoms with Crippen molar-refractivity contribution in [3.05, 3.63) is 38.9 Å². The van der Waals surface area contributed by atoms with Crippen LogP contribution in [0.4, 0.5) is 5.69 Å². The van der Waals surface area contributed by atoms with Crippen LogP contribution in [-0.4, -0.2) is 28.8 Å². The number of amides is 2. The highest BCUT2D eigenvalue weighted by molar-refractivity contribution is 6.34. The monoisotopic (exact) mass is 341 g/mol. The second kappa shape index (κ2) is 7.92. The summed E-state index contributed by atoms with van der Waals surface area (Å²) in [6, 6.07) is 2.79. The van der Waals surface area contributed by atoms with Crippen LogP contribution in [0.5, 0.6) is 0 Å². The van der Waals surface area contributed by atoms with E-state index in [0.29, 0.717) is 0 Å². The van der Waals surface area contributed by atoms with Crippen LogP contribution in [0.25, 0.3) is 0 Å². The first-order valence-corrected chi connectivity index (χ1v) is 7.56. The summed E-state index contributed by atoms with van der Waals surface area (Å²) in [5.74, 6) is -0.974. The van der Waals surface area contributed by atoms with Gasteiger partial charge in [-0.05, 0) is 25.8 Å². The molecule has 1 aromatic carbocycles. The maximum absolute atomic E-state index is 12.3. The van der Waals surface area contributed by atoms with Gasteiger partial charge in [-0.3, -0.25) is 19.7 Å². The van der Waals surface area contributed by atoms with Gasteiger partial charge >= 0.3 is 0 Å². The van der Waals surface area contributed by atoms with E-state index in [2.05, 4.69) is 10.6 Å². The number of rotatable bonds is 6. The summed E-state index contributed by atoms with van der Waals surface area (Å²) >= 11 is 5.93. The first-order chi connectivity index (χ1) is 10.6. The largest absolute Gasteiger partial charge is 0.352 e. The summed E-state index contributed by atoms with van der Waals surface area (Å²) in [6.07, 6.45) is 0. The zero-order valence-corrected chi connectivity index (χ0v) is 14.2. The molecule has 1 atom stereocenters. The van der Waals surface area contributed by atoms with Crippen LogP contribution in [0.3, 0.4) is 0 Å². The Morgan fingerprint density at radius 3 is 2.22 bits per heavy atom. The standard InChI is InChI=1S/C15H20ClN3O4/c1-8(2)13(15(21)17-9(3)4)18-14(20)11-6-5-10(19(22)23)7-12(11)16/h5-9,13H,1-4H3,(H,17,21)(H,18,20). The van der Waals surface area contributed by atoms with Crippen LogP contribution in [-0.2, 0) is 4.79 Å². The van der Waals surface area contributed by atoms with E-state index in [1.54, 1.807) is 0 Å². The van der Waals surface area contributed by atoms with Crippen LogP contribution in [0.1, 0.15) is 38.1 Å². The molecule has 8 heteroatoms. The van der Waals surface area contributed by atoms with Crippen molar-refractivity contribution >= 4 is 29.1 Å². The normalized spacial score (nSPS) is 12.1. The maximum atomic E-state index is 12.3. The van der Waals surface area contributed by atoms with Crippen LogP contribution < -0.4 is 10.6 Å². The van der Waals surface area contributed by atoms with Crippen molar-refractivity contribution in [3.8, 4) is 0 Å². The first kappa shape index (κ1) is 18.9. The Morgan fingerprint density at radius 2 is 1.78 bits per heavy atom. The third-order valence-corrected chi connectivity index (χ3v) is 3.39. The Labute approximate surface area is 139 Å². The Balaban J connectivity index is 2.95. The van der Waals surface area contributed by atoms with Gasteiger partial charge < -0.3 is 10.6 Å². The molecule has 23 heavy (non-hydrogen) atoms. The molecule has 0 spiro atoms. The summed E-state index contributed by atoms with van der Waals surface area (Å²) in [5.41, 5.74) is -0.121. The molecule has 0 fully saturated rings. The van der Waals surface area contributed by atoms with E-state index in [-0.39, 0.29) is 34.1 Å². The molecule has 0 bridgehead atoms. The van der Waals surface area contributed by atoms with E-state index in [0.717, 1.165) is 6.07 Å². The molecular formula is C15H20ClN3O4. The second-order valence-electron chi connectivity index (χ2n) is 5.78. The van der Waals surface area contributed by atoms with Crippen LogP contribution >= 0.6 is 11.6 Å². The highest BCUT2D eigenvalue weighted by Crippen LogP contribution is 2.22. The molecule has 1 unspecified atom stereocenters. The summed E-state index contributed by atoms with van der Waals surface area (Å²) in [5, 5.41) is 16.0. The molecule has 0 saturated carbocycles. The molecule has 0 heterocycles. The Morgan fingerprint density at radius 1 is 1.17 bits per heavy atom. The number of halogens is 1. The molecule has 0 saturated heterocycles. The van der Waals surface area contributed by atoms with Crippen molar-refractivity contribution in [2.75, 3.05) is 0 Å². The Hall–Kier alpha value is -2.15. The van der Waals surface area contributed by atoms with E-state index in [1.165, 1.54) is 12.1 Å². The van der Waals surface area contributed by atoms with Gasteiger partial charge in [-0.15, -0.1) is 0 Å². The molecular weight excluding hydrogens is 322 g/mol. The number of non-ortho nitro benzene ring substituents is 1. The Bertz CT molecular complexity index is 617. The van der Waals surface area contributed by atoms with Crippen molar-refractivity contribution in [1.29, 1.82) is 0 Å². The summed E-state index contributed by atoms with van der Waals surface area (Å²) in [6.45, 7) is 7.26. The number of hydrogen-bond donors (Lipinski definition) is 2. The van der Waals surface area contributed by atoms with E-state index >= 15 is 0 Å². The maximum Gasteiger partial charge on any atom is 0.270 e. The molecule has 1 aromatic rings. The van der Waals surface area contributed by atoms with Crippen molar-refractivity contribution in [2.24, 2.45) is 5.92 Å². The molecule has 0 aliphatic carbocycles. The minimum atomic E-state index is -0.726. The second-order valence-corrected chi connectivity index (χ2v) is 6.19. The van der Waals surface area contributed by atoms with Gasteiger partial charge in [-0.1, -0.05) is 25.4 Å². The molecule has 0 aromatic heterocycles. The fraction of sp³-hybridized carbons (Fsp3) is 0.467. The topological polar surface area (TPSA) is 101 Å². The lowest BCUT2D eigenvalue weighted by molar-refractivity contribution is -0.384. The minimum absolute atomic E-state index is 0.0385. The average molecular weight is 342 g/mol. The van der Waals surface area contributed by atoms with Crippen molar-refractivity contribution in [1.82, 2.24) is 10.6 Å². The molecule has 7 nitrogen and oxygen atoms in total. The lowest BCUT2D eigenvalue weighted by atomic mass is 10.0. The highest BCUT2D eigenvalue weighted by atomic mass is 35.5. The molecule has 0 radical (unpaired) electrons. The van der Waals surface area contributed by atoms with Crippen molar-refractivity contribution in [3.63, 3.8) is 0 Å². The van der Waals surface area contributed by atoms with Gasteiger partial charge in [-0.25, -0.2) is 0 Å². The average Bonchev–Trinajstić information content (AvgIpc) is 2.42. The fourth-order valence-electron chi connectivity index (χ4n) is 1.93. The molecule has 1 rings (SSSR count). The van der Waals surface area contributed by atoms with E-state index in [9.17, 15) is 19.7 Å². The molecule has 2 N–H and O–H groups in total. The van der Waals surface area contributed by atoms with Gasteiger partial charge in [-0.2, -0.15) is 0 Å². The Kier molecular flexibility index (Phi) is 6.50.